The summed E-state index contributed by atoms with van der Waals surface area (Å²) >= 11 is 0. The van der Waals surface area contributed by atoms with Crippen LogP contribution in [0.25, 0.3) is 22.2 Å². The van der Waals surface area contributed by atoms with Gasteiger partial charge in [0, 0.05) is 17.0 Å². The third kappa shape index (κ3) is 1.81. The van der Waals surface area contributed by atoms with Gasteiger partial charge < -0.3 is 4.98 Å². The van der Waals surface area contributed by atoms with Crippen LogP contribution in [0.3, 0.4) is 0 Å². The van der Waals surface area contributed by atoms with Crippen molar-refractivity contribution in [2.24, 2.45) is 0 Å². The lowest BCUT2D eigenvalue weighted by atomic mass is 10.1. The molecule has 0 saturated carbocycles. The second-order valence-electron chi connectivity index (χ2n) is 4.21. The van der Waals surface area contributed by atoms with Crippen molar-refractivity contribution in [3.8, 4) is 11.3 Å². The lowest BCUT2D eigenvalue weighted by molar-refractivity contribution is 0.112. The number of nitrogens with one attached hydrogen (secondary N) is 1. The highest BCUT2D eigenvalue weighted by atomic mass is 19.1. The maximum atomic E-state index is 13.7. The summed E-state index contributed by atoms with van der Waals surface area (Å²) in [6.45, 7) is 0. The number of benzene rings is 2. The first-order chi connectivity index (χ1) is 9.20. The van der Waals surface area contributed by atoms with E-state index in [0.29, 0.717) is 12.0 Å². The number of halogens is 2. The van der Waals surface area contributed by atoms with E-state index in [1.54, 1.807) is 12.1 Å². The molecule has 4 heteroatoms. The van der Waals surface area contributed by atoms with E-state index in [1.165, 1.54) is 0 Å². The predicted molar refractivity (Wildman–Crippen MR) is 69.0 cm³/mol. The Morgan fingerprint density at radius 1 is 1.05 bits per heavy atom. The van der Waals surface area contributed by atoms with Crippen LogP contribution in [0, 0.1) is 11.6 Å². The highest BCUT2D eigenvalue weighted by Crippen LogP contribution is 2.30. The Bertz CT molecular complexity index is 763. The molecule has 0 aliphatic carbocycles. The summed E-state index contributed by atoms with van der Waals surface area (Å²) < 4.78 is 27.0. The lowest BCUT2D eigenvalue weighted by Crippen LogP contribution is -1.84. The van der Waals surface area contributed by atoms with Crippen molar-refractivity contribution in [2.45, 2.75) is 0 Å². The van der Waals surface area contributed by atoms with Gasteiger partial charge in [0.05, 0.1) is 11.2 Å². The molecule has 0 aliphatic heterocycles. The molecule has 94 valence electrons. The van der Waals surface area contributed by atoms with Crippen LogP contribution in [0.4, 0.5) is 8.78 Å². The summed E-state index contributed by atoms with van der Waals surface area (Å²) in [6, 6.07) is 11.0. The Balaban J connectivity index is 2.38. The van der Waals surface area contributed by atoms with Gasteiger partial charge in [-0.15, -0.1) is 0 Å². The van der Waals surface area contributed by atoms with Gasteiger partial charge in [-0.05, 0) is 11.6 Å². The molecule has 19 heavy (non-hydrogen) atoms. The first kappa shape index (κ1) is 11.6. The molecule has 0 aliphatic rings. The van der Waals surface area contributed by atoms with Crippen molar-refractivity contribution in [3.05, 3.63) is 59.7 Å². The smallest absolute Gasteiger partial charge is 0.152 e. The van der Waals surface area contributed by atoms with Gasteiger partial charge in [-0.3, -0.25) is 4.79 Å². The van der Waals surface area contributed by atoms with E-state index in [0.717, 1.165) is 17.7 Å². The molecule has 0 atom stereocenters. The topological polar surface area (TPSA) is 32.9 Å². The predicted octanol–water partition coefficient (Wildman–Crippen LogP) is 3.93. The molecule has 1 N–H and O–H groups in total. The van der Waals surface area contributed by atoms with Crippen LogP contribution in [0.5, 0.6) is 0 Å². The van der Waals surface area contributed by atoms with Crippen LogP contribution in [-0.4, -0.2) is 11.3 Å². The quantitative estimate of drug-likeness (QED) is 0.693. The van der Waals surface area contributed by atoms with Crippen LogP contribution in [-0.2, 0) is 0 Å². The van der Waals surface area contributed by atoms with E-state index < -0.39 is 11.6 Å². The first-order valence-corrected chi connectivity index (χ1v) is 5.72. The summed E-state index contributed by atoms with van der Waals surface area (Å²) in [6.07, 6.45) is 0.611. The van der Waals surface area contributed by atoms with E-state index in [1.807, 2.05) is 18.2 Å². The number of carbonyl (C=O) groups is 1. The Morgan fingerprint density at radius 3 is 2.47 bits per heavy atom. The molecule has 0 spiro atoms. The fourth-order valence-electron chi connectivity index (χ4n) is 2.19. The Labute approximate surface area is 107 Å². The van der Waals surface area contributed by atoms with Crippen LogP contribution in [0.2, 0.25) is 0 Å². The number of carbonyl (C=O) groups excluding carboxylic acids is 1. The average Bonchev–Trinajstić information content (AvgIpc) is 2.78. The zero-order chi connectivity index (χ0) is 13.4. The van der Waals surface area contributed by atoms with E-state index in [9.17, 15) is 13.6 Å². The Kier molecular flexibility index (Phi) is 2.63. The first-order valence-electron chi connectivity index (χ1n) is 5.72. The van der Waals surface area contributed by atoms with Crippen LogP contribution in [0.15, 0.2) is 42.5 Å². The molecule has 0 radical (unpaired) electrons. The number of hydrogen-bond donors (Lipinski definition) is 1. The molecule has 0 saturated heterocycles. The Hall–Kier alpha value is -2.49. The van der Waals surface area contributed by atoms with Gasteiger partial charge in [-0.2, -0.15) is 0 Å². The minimum atomic E-state index is -0.708. The van der Waals surface area contributed by atoms with Crippen LogP contribution >= 0.6 is 0 Å². The van der Waals surface area contributed by atoms with Gasteiger partial charge in [0.15, 0.2) is 6.29 Å². The highest BCUT2D eigenvalue weighted by molar-refractivity contribution is 6.04. The van der Waals surface area contributed by atoms with E-state index in [-0.39, 0.29) is 16.5 Å². The standard InChI is InChI=1S/C15H9F2NO/c16-10-6-11-12(8-19)14(9-4-2-1-3-5-9)18-15(11)13(17)7-10/h1-8,18H. The minimum absolute atomic E-state index is 0.141. The molecule has 2 aromatic carbocycles. The minimum Gasteiger partial charge on any atom is -0.352 e. The van der Waals surface area contributed by atoms with Crippen molar-refractivity contribution in [3.63, 3.8) is 0 Å². The lowest BCUT2D eigenvalue weighted by Gasteiger charge is -1.98. The number of aromatic amines is 1. The number of H-pyrrole nitrogens is 1. The summed E-state index contributed by atoms with van der Waals surface area (Å²) in [7, 11) is 0. The van der Waals surface area contributed by atoms with Crippen molar-refractivity contribution in [1.29, 1.82) is 0 Å². The van der Waals surface area contributed by atoms with E-state index in [4.69, 9.17) is 0 Å². The van der Waals surface area contributed by atoms with Gasteiger partial charge in [0.25, 0.3) is 0 Å². The molecule has 2 nitrogen and oxygen atoms in total. The highest BCUT2D eigenvalue weighted by Gasteiger charge is 2.16. The fraction of sp³-hybridized carbons (Fsp3) is 0. The molecule has 0 unspecified atom stereocenters. The summed E-state index contributed by atoms with van der Waals surface area (Å²) in [4.78, 5) is 14.1. The number of aromatic nitrogens is 1. The Morgan fingerprint density at radius 2 is 1.79 bits per heavy atom. The summed E-state index contributed by atoms with van der Waals surface area (Å²) in [5, 5.41) is 0.256. The number of aldehydes is 1. The largest absolute Gasteiger partial charge is 0.352 e. The third-order valence-corrected chi connectivity index (χ3v) is 3.04. The molecular formula is C15H9F2NO. The maximum Gasteiger partial charge on any atom is 0.152 e. The monoisotopic (exact) mass is 257 g/mol. The zero-order valence-electron chi connectivity index (χ0n) is 9.78. The second kappa shape index (κ2) is 4.31. The average molecular weight is 257 g/mol. The number of hydrogen-bond acceptors (Lipinski definition) is 1. The normalized spacial score (nSPS) is 10.8. The van der Waals surface area contributed by atoms with Crippen molar-refractivity contribution < 1.29 is 13.6 Å². The summed E-state index contributed by atoms with van der Waals surface area (Å²) in [5.41, 5.74) is 1.65. The number of fused-ring (bicyclic) bond motifs is 1. The molecule has 0 fully saturated rings. The fourth-order valence-corrected chi connectivity index (χ4v) is 2.19. The zero-order valence-corrected chi connectivity index (χ0v) is 9.78. The van der Waals surface area contributed by atoms with Crippen molar-refractivity contribution in [1.82, 2.24) is 4.98 Å². The molecule has 0 bridgehead atoms. The number of rotatable bonds is 2. The van der Waals surface area contributed by atoms with Gasteiger partial charge >= 0.3 is 0 Å². The van der Waals surface area contributed by atoms with Gasteiger partial charge in [0.1, 0.15) is 11.6 Å². The molecular weight excluding hydrogens is 248 g/mol. The molecule has 3 rings (SSSR count). The maximum absolute atomic E-state index is 13.7. The van der Waals surface area contributed by atoms with Crippen molar-refractivity contribution in [2.75, 3.05) is 0 Å². The van der Waals surface area contributed by atoms with E-state index in [2.05, 4.69) is 4.98 Å². The second-order valence-corrected chi connectivity index (χ2v) is 4.21. The van der Waals surface area contributed by atoms with Gasteiger partial charge in [0.2, 0.25) is 0 Å². The van der Waals surface area contributed by atoms with Gasteiger partial charge in [-0.1, -0.05) is 30.3 Å². The summed E-state index contributed by atoms with van der Waals surface area (Å²) in [5.74, 6) is -1.41. The van der Waals surface area contributed by atoms with E-state index >= 15 is 0 Å². The van der Waals surface area contributed by atoms with Gasteiger partial charge in [-0.25, -0.2) is 8.78 Å². The van der Waals surface area contributed by atoms with Crippen LogP contribution in [0.1, 0.15) is 10.4 Å². The molecule has 1 heterocycles. The molecule has 0 amide bonds. The third-order valence-electron chi connectivity index (χ3n) is 3.04. The molecule has 3 aromatic rings. The van der Waals surface area contributed by atoms with Crippen LogP contribution < -0.4 is 0 Å². The SMILES string of the molecule is O=Cc1c(-c2ccccc2)[nH]c2c(F)cc(F)cc12. The molecule has 1 aromatic heterocycles. The van der Waals surface area contributed by atoms with Crippen molar-refractivity contribution >= 4 is 17.2 Å².